The maximum absolute atomic E-state index is 14.1. The third-order valence-corrected chi connectivity index (χ3v) is 8.88. The molecule has 228 valence electrons. The van der Waals surface area contributed by atoms with Crippen molar-refractivity contribution in [2.45, 2.75) is 37.6 Å². The fourth-order valence-corrected chi connectivity index (χ4v) is 6.88. The lowest BCUT2D eigenvalue weighted by Gasteiger charge is -2.50. The quantitative estimate of drug-likeness (QED) is 0.228. The minimum atomic E-state index is -2.69. The number of carbonyl (C=O) groups is 3. The van der Waals surface area contributed by atoms with E-state index >= 15 is 0 Å². The van der Waals surface area contributed by atoms with Crippen molar-refractivity contribution >= 4 is 23.2 Å². The zero-order valence-corrected chi connectivity index (χ0v) is 24.4. The highest BCUT2D eigenvalue weighted by atomic mass is 16.3. The topological polar surface area (TPSA) is 197 Å². The number of rotatable bonds is 7. The van der Waals surface area contributed by atoms with Gasteiger partial charge in [-0.3, -0.25) is 19.3 Å². The molecular formula is C31H36N4O8. The van der Waals surface area contributed by atoms with E-state index in [4.69, 9.17) is 5.73 Å². The van der Waals surface area contributed by atoms with Crippen LogP contribution in [0.5, 0.6) is 11.5 Å². The second-order valence-electron chi connectivity index (χ2n) is 11.8. The fourth-order valence-electron chi connectivity index (χ4n) is 6.88. The predicted molar refractivity (Wildman–Crippen MR) is 157 cm³/mol. The summed E-state index contributed by atoms with van der Waals surface area (Å²) in [6, 6.07) is 7.54. The number of hydrogen-bond acceptors (Lipinski definition) is 11. The Hall–Kier alpha value is -4.39. The van der Waals surface area contributed by atoms with E-state index in [2.05, 4.69) is 5.32 Å². The van der Waals surface area contributed by atoms with Crippen LogP contribution < -0.4 is 16.0 Å². The summed E-state index contributed by atoms with van der Waals surface area (Å²) in [7, 11) is 6.78. The molecule has 0 spiro atoms. The molecule has 3 aliphatic rings. The van der Waals surface area contributed by atoms with Gasteiger partial charge in [-0.2, -0.15) is 0 Å². The van der Waals surface area contributed by atoms with Crippen LogP contribution in [0.2, 0.25) is 0 Å². The lowest BCUT2D eigenvalue weighted by molar-refractivity contribution is -0.148. The molecule has 1 unspecified atom stereocenters. The maximum atomic E-state index is 14.1. The minimum Gasteiger partial charge on any atom is -0.510 e. The van der Waals surface area contributed by atoms with Crippen LogP contribution in [-0.4, -0.2) is 87.7 Å². The average Bonchev–Trinajstić information content (AvgIpc) is 2.92. The first kappa shape index (κ1) is 30.1. The van der Waals surface area contributed by atoms with Gasteiger partial charge in [0.1, 0.15) is 28.6 Å². The molecule has 2 aromatic carbocycles. The van der Waals surface area contributed by atoms with E-state index in [9.17, 15) is 39.9 Å². The summed E-state index contributed by atoms with van der Waals surface area (Å²) < 4.78 is 0. The number of likely N-dealkylation sites (N-methyl/N-ethyl adjacent to an activating group) is 1. The Labute approximate surface area is 248 Å². The number of nitrogens with zero attached hydrogens (tertiary/aromatic N) is 2. The van der Waals surface area contributed by atoms with E-state index in [-0.39, 0.29) is 48.6 Å². The van der Waals surface area contributed by atoms with Gasteiger partial charge in [-0.05, 0) is 50.6 Å². The van der Waals surface area contributed by atoms with Crippen LogP contribution in [-0.2, 0) is 29.1 Å². The molecule has 12 heteroatoms. The van der Waals surface area contributed by atoms with E-state index < -0.39 is 58.0 Å². The Morgan fingerprint density at radius 1 is 1.05 bits per heavy atom. The number of para-hydroxylation sites is 1. The van der Waals surface area contributed by atoms with Crippen molar-refractivity contribution in [2.75, 3.05) is 33.1 Å². The number of amides is 1. The summed E-state index contributed by atoms with van der Waals surface area (Å²) in [6.45, 7) is 0.422. The number of aliphatic hydroxyl groups excluding tert-OH is 2. The number of phenolic OH excluding ortho intramolecular Hbond substituents is 2. The Bertz CT molecular complexity index is 1610. The number of fused-ring (bicyclic) bond motifs is 3. The Kier molecular flexibility index (Phi) is 7.49. The number of primary amides is 1. The molecule has 0 aliphatic heterocycles. The summed E-state index contributed by atoms with van der Waals surface area (Å²) in [6.07, 6.45) is 0.213. The van der Waals surface area contributed by atoms with Gasteiger partial charge in [-0.15, -0.1) is 0 Å². The Morgan fingerprint density at radius 3 is 2.30 bits per heavy atom. The molecule has 0 radical (unpaired) electrons. The van der Waals surface area contributed by atoms with Crippen LogP contribution in [0.1, 0.15) is 33.5 Å². The number of nitrogens with two attached hydrogens (primary N) is 1. The number of allylic oxidation sites excluding steroid dienone is 1. The number of aromatic hydroxyl groups is 2. The molecular weight excluding hydrogens is 556 g/mol. The monoisotopic (exact) mass is 592 g/mol. The van der Waals surface area contributed by atoms with Gasteiger partial charge >= 0.3 is 0 Å². The zero-order valence-electron chi connectivity index (χ0n) is 24.4. The molecule has 3 aliphatic carbocycles. The van der Waals surface area contributed by atoms with Crippen LogP contribution in [0.3, 0.4) is 0 Å². The molecule has 43 heavy (non-hydrogen) atoms. The van der Waals surface area contributed by atoms with Crippen molar-refractivity contribution in [1.29, 1.82) is 0 Å². The minimum absolute atomic E-state index is 0.0171. The predicted octanol–water partition coefficient (Wildman–Crippen LogP) is 1.18. The summed E-state index contributed by atoms with van der Waals surface area (Å²) in [5, 5.41) is 58.9. The molecule has 0 saturated heterocycles. The Balaban J connectivity index is 1.60. The van der Waals surface area contributed by atoms with Gasteiger partial charge in [0, 0.05) is 55.5 Å². The molecule has 0 aromatic heterocycles. The van der Waals surface area contributed by atoms with Gasteiger partial charge in [0.05, 0.1) is 11.6 Å². The molecule has 0 fully saturated rings. The van der Waals surface area contributed by atoms with Crippen LogP contribution >= 0.6 is 0 Å². The second kappa shape index (κ2) is 10.7. The van der Waals surface area contributed by atoms with Crippen molar-refractivity contribution < 1.29 is 39.9 Å². The van der Waals surface area contributed by atoms with Crippen LogP contribution in [0.25, 0.3) is 0 Å². The number of ketones is 2. The zero-order chi connectivity index (χ0) is 31.5. The van der Waals surface area contributed by atoms with Crippen LogP contribution in [0, 0.1) is 11.8 Å². The number of nitrogens with one attached hydrogen (secondary N) is 1. The fraction of sp³-hybridized carbons (Fsp3) is 0.387. The largest absolute Gasteiger partial charge is 0.510 e. The molecule has 0 saturated carbocycles. The number of phenols is 2. The first-order valence-corrected chi connectivity index (χ1v) is 13.9. The normalized spacial score (nSPS) is 25.0. The van der Waals surface area contributed by atoms with Crippen molar-refractivity contribution in [3.63, 3.8) is 0 Å². The summed E-state index contributed by atoms with van der Waals surface area (Å²) in [5.41, 5.74) is 3.86. The number of carbonyl (C=O) groups excluding carboxylic acids is 3. The van der Waals surface area contributed by atoms with Crippen molar-refractivity contribution in [3.8, 4) is 11.5 Å². The molecule has 12 nitrogen and oxygen atoms in total. The molecule has 2 aromatic rings. The number of benzene rings is 2. The summed E-state index contributed by atoms with van der Waals surface area (Å²) >= 11 is 0. The summed E-state index contributed by atoms with van der Waals surface area (Å²) in [5.74, 6) is -6.73. The SMILES string of the molecule is CN(C)c1cc(CNCc2ccccc2O)c(O)c2c1C[C@H]1C[C@H]3C(N(C)C)C(O)=C(C(N)=O)C(=O)[C@@]3(O)C(O)=C1C2=O. The molecule has 4 atom stereocenters. The van der Waals surface area contributed by atoms with Crippen LogP contribution in [0.15, 0.2) is 53.0 Å². The second-order valence-corrected chi connectivity index (χ2v) is 11.8. The first-order valence-electron chi connectivity index (χ1n) is 13.9. The smallest absolute Gasteiger partial charge is 0.255 e. The van der Waals surface area contributed by atoms with E-state index in [1.165, 1.54) is 4.90 Å². The number of Topliss-reactive ketones (excluding diaryl/α,β-unsaturated/α-hetero) is 2. The number of hydrogen-bond donors (Lipinski definition) is 7. The van der Waals surface area contributed by atoms with E-state index in [1.54, 1.807) is 58.5 Å². The maximum Gasteiger partial charge on any atom is 0.255 e. The number of aliphatic hydroxyl groups is 3. The highest BCUT2D eigenvalue weighted by molar-refractivity contribution is 6.25. The third-order valence-electron chi connectivity index (χ3n) is 8.88. The highest BCUT2D eigenvalue weighted by Crippen LogP contribution is 2.53. The summed E-state index contributed by atoms with van der Waals surface area (Å²) in [4.78, 5) is 43.1. The first-order chi connectivity index (χ1) is 20.2. The van der Waals surface area contributed by atoms with Gasteiger partial charge in [0.2, 0.25) is 5.78 Å². The lowest BCUT2D eigenvalue weighted by Crippen LogP contribution is -2.63. The van der Waals surface area contributed by atoms with Crippen molar-refractivity contribution in [3.05, 3.63) is 75.3 Å². The highest BCUT2D eigenvalue weighted by Gasteiger charge is 2.63. The van der Waals surface area contributed by atoms with Gasteiger partial charge in [-0.1, -0.05) is 18.2 Å². The van der Waals surface area contributed by atoms with Crippen LogP contribution in [0.4, 0.5) is 5.69 Å². The van der Waals surface area contributed by atoms with E-state index in [0.29, 0.717) is 22.4 Å². The van der Waals surface area contributed by atoms with Gasteiger partial charge in [0.15, 0.2) is 11.4 Å². The van der Waals surface area contributed by atoms with Gasteiger partial charge < -0.3 is 41.5 Å². The lowest BCUT2D eigenvalue weighted by atomic mass is 9.58. The standard InChI is InChI=1S/C31H36N4O8/c1-34(2)19-11-16(13-33-12-14-7-5-6-8-20(14)36)25(37)22-17(19)9-15-10-18-24(35(3)4)27(39)23(30(32)42)29(41)31(18,43)28(40)21(15)26(22)38/h5-8,11,15,18,24,33,36-37,39-40,43H,9-10,12-13H2,1-4H3,(H2,32,42)/t15-,18-,24?,31-/m0/s1. The van der Waals surface area contributed by atoms with Gasteiger partial charge in [-0.25, -0.2) is 0 Å². The Morgan fingerprint density at radius 2 is 1.70 bits per heavy atom. The van der Waals surface area contributed by atoms with Crippen molar-refractivity contribution in [1.82, 2.24) is 10.2 Å². The van der Waals surface area contributed by atoms with E-state index in [0.717, 1.165) is 0 Å². The molecule has 0 bridgehead atoms. The average molecular weight is 593 g/mol. The third kappa shape index (κ3) is 4.53. The molecule has 1 amide bonds. The number of anilines is 1. The molecule has 5 rings (SSSR count). The van der Waals surface area contributed by atoms with Gasteiger partial charge in [0.25, 0.3) is 5.91 Å². The molecule has 8 N–H and O–H groups in total. The van der Waals surface area contributed by atoms with E-state index in [1.807, 2.05) is 4.90 Å². The van der Waals surface area contributed by atoms with Crippen molar-refractivity contribution in [2.24, 2.45) is 17.6 Å². The molecule has 0 heterocycles.